The maximum atomic E-state index is 5.89. The summed E-state index contributed by atoms with van der Waals surface area (Å²) in [5.74, 6) is 1.75. The van der Waals surface area contributed by atoms with Crippen molar-refractivity contribution in [3.63, 3.8) is 0 Å². The van der Waals surface area contributed by atoms with Crippen molar-refractivity contribution in [3.05, 3.63) is 21.3 Å². The SMILES string of the molecule is COc1ccc2c(c1I)[C@H](N)CO2. The molecule has 1 aromatic carbocycles. The van der Waals surface area contributed by atoms with E-state index in [1.54, 1.807) is 7.11 Å². The van der Waals surface area contributed by atoms with Crippen LogP contribution in [0.1, 0.15) is 11.6 Å². The lowest BCUT2D eigenvalue weighted by Gasteiger charge is -2.08. The summed E-state index contributed by atoms with van der Waals surface area (Å²) in [7, 11) is 1.66. The average molecular weight is 291 g/mol. The standard InChI is InChI=1S/C9H10INO2/c1-12-7-3-2-6-8(9(7)10)5(11)4-13-6/h2-3,5H,4,11H2,1H3/t5-/m1/s1. The molecule has 1 atom stereocenters. The van der Waals surface area contributed by atoms with Gasteiger partial charge in [0.05, 0.1) is 16.7 Å². The van der Waals surface area contributed by atoms with Gasteiger partial charge in [-0.15, -0.1) is 0 Å². The Morgan fingerprint density at radius 1 is 1.62 bits per heavy atom. The van der Waals surface area contributed by atoms with Crippen molar-refractivity contribution >= 4 is 22.6 Å². The van der Waals surface area contributed by atoms with Crippen LogP contribution in [0.25, 0.3) is 0 Å². The van der Waals surface area contributed by atoms with E-state index in [4.69, 9.17) is 15.2 Å². The van der Waals surface area contributed by atoms with E-state index >= 15 is 0 Å². The molecule has 0 aliphatic carbocycles. The topological polar surface area (TPSA) is 44.5 Å². The molecule has 1 aliphatic heterocycles. The van der Waals surface area contributed by atoms with Crippen molar-refractivity contribution in [1.29, 1.82) is 0 Å². The molecule has 3 nitrogen and oxygen atoms in total. The highest BCUT2D eigenvalue weighted by Crippen LogP contribution is 2.38. The first kappa shape index (κ1) is 9.08. The maximum absolute atomic E-state index is 5.89. The van der Waals surface area contributed by atoms with Crippen molar-refractivity contribution in [2.45, 2.75) is 6.04 Å². The fourth-order valence-electron chi connectivity index (χ4n) is 1.45. The van der Waals surface area contributed by atoms with E-state index in [1.165, 1.54) is 0 Å². The van der Waals surface area contributed by atoms with Crippen LogP contribution in [0.2, 0.25) is 0 Å². The molecule has 0 saturated heterocycles. The lowest BCUT2D eigenvalue weighted by molar-refractivity contribution is 0.333. The maximum Gasteiger partial charge on any atom is 0.132 e. The highest BCUT2D eigenvalue weighted by Gasteiger charge is 2.25. The number of hydrogen-bond donors (Lipinski definition) is 1. The first-order valence-electron chi connectivity index (χ1n) is 3.99. The summed E-state index contributed by atoms with van der Waals surface area (Å²) < 4.78 is 11.7. The molecule has 0 aromatic heterocycles. The lowest BCUT2D eigenvalue weighted by Crippen LogP contribution is -2.12. The van der Waals surface area contributed by atoms with Gasteiger partial charge in [0.25, 0.3) is 0 Å². The van der Waals surface area contributed by atoms with Gasteiger partial charge < -0.3 is 15.2 Å². The van der Waals surface area contributed by atoms with Gasteiger partial charge >= 0.3 is 0 Å². The Bertz CT molecular complexity index is 341. The van der Waals surface area contributed by atoms with Gasteiger partial charge in [-0.05, 0) is 34.7 Å². The largest absolute Gasteiger partial charge is 0.496 e. The molecule has 70 valence electrons. The van der Waals surface area contributed by atoms with Gasteiger partial charge in [0, 0.05) is 5.56 Å². The first-order valence-corrected chi connectivity index (χ1v) is 5.06. The quantitative estimate of drug-likeness (QED) is 0.801. The van der Waals surface area contributed by atoms with Gasteiger partial charge in [-0.3, -0.25) is 0 Å². The molecule has 1 aliphatic rings. The molecule has 0 saturated carbocycles. The minimum atomic E-state index is -0.0167. The van der Waals surface area contributed by atoms with Gasteiger partial charge in [-0.2, -0.15) is 0 Å². The zero-order valence-electron chi connectivity index (χ0n) is 7.21. The van der Waals surface area contributed by atoms with E-state index in [0.29, 0.717) is 6.61 Å². The molecular formula is C9H10INO2. The van der Waals surface area contributed by atoms with E-state index in [0.717, 1.165) is 20.6 Å². The molecule has 2 N–H and O–H groups in total. The number of benzene rings is 1. The highest BCUT2D eigenvalue weighted by atomic mass is 127. The Morgan fingerprint density at radius 3 is 3.08 bits per heavy atom. The molecule has 0 amide bonds. The van der Waals surface area contributed by atoms with Crippen molar-refractivity contribution in [3.8, 4) is 11.5 Å². The number of nitrogens with two attached hydrogens (primary N) is 1. The Balaban J connectivity index is 2.56. The summed E-state index contributed by atoms with van der Waals surface area (Å²) in [6.07, 6.45) is 0. The number of methoxy groups -OCH3 is 1. The van der Waals surface area contributed by atoms with Crippen LogP contribution in [-0.2, 0) is 0 Å². The summed E-state index contributed by atoms with van der Waals surface area (Å²) >= 11 is 2.24. The van der Waals surface area contributed by atoms with E-state index < -0.39 is 0 Å². The van der Waals surface area contributed by atoms with E-state index in [1.807, 2.05) is 12.1 Å². The third-order valence-corrected chi connectivity index (χ3v) is 3.23. The number of hydrogen-bond acceptors (Lipinski definition) is 3. The number of fused-ring (bicyclic) bond motifs is 1. The predicted molar refractivity (Wildman–Crippen MR) is 58.1 cm³/mol. The van der Waals surface area contributed by atoms with Crippen LogP contribution < -0.4 is 15.2 Å². The minimum absolute atomic E-state index is 0.0167. The van der Waals surface area contributed by atoms with Crippen molar-refractivity contribution in [2.24, 2.45) is 5.73 Å². The van der Waals surface area contributed by atoms with Gasteiger partial charge in [0.15, 0.2) is 0 Å². The van der Waals surface area contributed by atoms with E-state index in [2.05, 4.69) is 22.6 Å². The number of rotatable bonds is 1. The Labute approximate surface area is 90.3 Å². The zero-order valence-corrected chi connectivity index (χ0v) is 9.37. The molecule has 4 heteroatoms. The van der Waals surface area contributed by atoms with Gasteiger partial charge in [-0.1, -0.05) is 0 Å². The second-order valence-electron chi connectivity index (χ2n) is 2.91. The Kier molecular flexibility index (Phi) is 2.33. The summed E-state index contributed by atoms with van der Waals surface area (Å²) in [4.78, 5) is 0. The van der Waals surface area contributed by atoms with Crippen LogP contribution in [-0.4, -0.2) is 13.7 Å². The lowest BCUT2D eigenvalue weighted by atomic mass is 10.1. The smallest absolute Gasteiger partial charge is 0.132 e. The predicted octanol–water partition coefficient (Wildman–Crippen LogP) is 1.69. The van der Waals surface area contributed by atoms with Crippen LogP contribution in [0.4, 0.5) is 0 Å². The third kappa shape index (κ3) is 1.38. The zero-order chi connectivity index (χ0) is 9.42. The molecule has 0 spiro atoms. The van der Waals surface area contributed by atoms with Crippen LogP contribution >= 0.6 is 22.6 Å². The average Bonchev–Trinajstić information content (AvgIpc) is 2.49. The van der Waals surface area contributed by atoms with Crippen LogP contribution in [0, 0.1) is 3.57 Å². The fraction of sp³-hybridized carbons (Fsp3) is 0.333. The summed E-state index contributed by atoms with van der Waals surface area (Å²) in [5.41, 5.74) is 6.95. The third-order valence-electron chi connectivity index (χ3n) is 2.11. The molecule has 13 heavy (non-hydrogen) atoms. The normalized spacial score (nSPS) is 19.5. The van der Waals surface area contributed by atoms with Gasteiger partial charge in [-0.25, -0.2) is 0 Å². The molecule has 1 heterocycles. The Morgan fingerprint density at radius 2 is 2.38 bits per heavy atom. The summed E-state index contributed by atoms with van der Waals surface area (Å²) in [6.45, 7) is 0.568. The second-order valence-corrected chi connectivity index (χ2v) is 3.99. The molecule has 2 rings (SSSR count). The molecule has 0 radical (unpaired) electrons. The van der Waals surface area contributed by atoms with Crippen LogP contribution in [0.15, 0.2) is 12.1 Å². The monoisotopic (exact) mass is 291 g/mol. The summed E-state index contributed by atoms with van der Waals surface area (Å²) in [5, 5.41) is 0. The molecular weight excluding hydrogens is 281 g/mol. The Hall–Kier alpha value is -0.490. The highest BCUT2D eigenvalue weighted by molar-refractivity contribution is 14.1. The molecule has 1 aromatic rings. The van der Waals surface area contributed by atoms with Gasteiger partial charge in [0.1, 0.15) is 18.1 Å². The summed E-state index contributed by atoms with van der Waals surface area (Å²) in [6, 6.07) is 3.79. The number of halogens is 1. The van der Waals surface area contributed by atoms with Crippen molar-refractivity contribution in [1.82, 2.24) is 0 Å². The first-order chi connectivity index (χ1) is 6.24. The van der Waals surface area contributed by atoms with Crippen molar-refractivity contribution in [2.75, 3.05) is 13.7 Å². The number of ether oxygens (including phenoxy) is 2. The van der Waals surface area contributed by atoms with Gasteiger partial charge in [0.2, 0.25) is 0 Å². The minimum Gasteiger partial charge on any atom is -0.496 e. The molecule has 0 fully saturated rings. The molecule has 0 bridgehead atoms. The van der Waals surface area contributed by atoms with Crippen LogP contribution in [0.3, 0.4) is 0 Å². The molecule has 0 unspecified atom stereocenters. The van der Waals surface area contributed by atoms with Crippen LogP contribution in [0.5, 0.6) is 11.5 Å². The fourth-order valence-corrected chi connectivity index (χ4v) is 2.51. The van der Waals surface area contributed by atoms with E-state index in [9.17, 15) is 0 Å². The van der Waals surface area contributed by atoms with E-state index in [-0.39, 0.29) is 6.04 Å². The second kappa shape index (κ2) is 3.34. The van der Waals surface area contributed by atoms with Crippen molar-refractivity contribution < 1.29 is 9.47 Å².